The number of carbonyl (C=O) groups is 2. The maximum Gasteiger partial charge on any atom is 0.356 e. The van der Waals surface area contributed by atoms with E-state index < -0.39 is 36.0 Å². The summed E-state index contributed by atoms with van der Waals surface area (Å²) in [6.45, 7) is 0. The van der Waals surface area contributed by atoms with Crippen molar-refractivity contribution in [2.75, 3.05) is 14.2 Å². The molecule has 0 atom stereocenters. The Kier molecular flexibility index (Phi) is 11.0. The highest BCUT2D eigenvalue weighted by Gasteiger charge is 2.24. The molecule has 3 heterocycles. The fourth-order valence-electron chi connectivity index (χ4n) is 6.93. The van der Waals surface area contributed by atoms with E-state index in [1.807, 2.05) is 24.3 Å². The summed E-state index contributed by atoms with van der Waals surface area (Å²) < 4.78 is 23.5. The number of carboxylic acid groups (broad SMARTS) is 1. The number of hydrogen-bond acceptors (Lipinski definition) is 19. The average Bonchev–Trinajstić information content (AvgIpc) is 3.24. The molecule has 0 amide bonds. The van der Waals surface area contributed by atoms with Gasteiger partial charge in [0.05, 0.1) is 30.7 Å². The molecule has 6 aromatic rings. The number of ether oxygens (including phenoxy) is 3. The second-order valence-electron chi connectivity index (χ2n) is 13.6. The molecule has 2 aliphatic rings. The number of aromatic carboxylic acids is 1. The highest BCUT2D eigenvalue weighted by Crippen LogP contribution is 2.42. The van der Waals surface area contributed by atoms with Gasteiger partial charge in [-0.3, -0.25) is 0 Å². The number of fused-ring (bicyclic) bond motifs is 2. The molecule has 0 saturated heterocycles. The molecule has 4 aromatic carbocycles. The molecule has 20 heteroatoms. The van der Waals surface area contributed by atoms with Gasteiger partial charge < -0.3 is 49.0 Å². The molecular weight excluding hydrogens is 821 g/mol. The fourth-order valence-corrected chi connectivity index (χ4v) is 6.93. The quantitative estimate of drug-likeness (QED) is 0.0666. The summed E-state index contributed by atoms with van der Waals surface area (Å²) in [7, 11) is 3.00. The molecule has 8 rings (SSSR count). The van der Waals surface area contributed by atoms with Gasteiger partial charge >= 0.3 is 42.0 Å². The number of methoxy groups -OCH3 is 2. The number of carboxylic acids is 1. The molecule has 7 N–H and O–H groups in total. The third-order valence-electron chi connectivity index (χ3n) is 9.59. The van der Waals surface area contributed by atoms with E-state index in [0.717, 1.165) is 16.7 Å². The number of nitrogens with zero attached hydrogens (tertiary/aromatic N) is 7. The van der Waals surface area contributed by atoms with Crippen molar-refractivity contribution >= 4 is 28.6 Å². The highest BCUT2D eigenvalue weighted by atomic mass is 16.7. The molecule has 0 spiro atoms. The molecule has 0 radical (unpaired) electrons. The minimum Gasteiger partial charge on any atom is -0.496 e. The van der Waals surface area contributed by atoms with Gasteiger partial charge in [0.1, 0.15) is 40.1 Å². The molecule has 0 bridgehead atoms. The van der Waals surface area contributed by atoms with Crippen molar-refractivity contribution in [1.82, 2.24) is 29.9 Å². The van der Waals surface area contributed by atoms with E-state index in [-0.39, 0.29) is 40.7 Å². The van der Waals surface area contributed by atoms with Crippen LogP contribution in [0.5, 0.6) is 47.3 Å². The lowest BCUT2D eigenvalue weighted by Gasteiger charge is -2.18. The van der Waals surface area contributed by atoms with E-state index in [4.69, 9.17) is 29.5 Å². The number of rotatable bonds is 12. The predicted molar refractivity (Wildman–Crippen MR) is 218 cm³/mol. The number of benzene rings is 5. The van der Waals surface area contributed by atoms with E-state index in [0.29, 0.717) is 56.8 Å². The second-order valence-corrected chi connectivity index (χ2v) is 13.6. The summed E-state index contributed by atoms with van der Waals surface area (Å²) in [6.07, 6.45) is 0.513. The predicted octanol–water partition coefficient (Wildman–Crippen LogP) is 5.35. The summed E-state index contributed by atoms with van der Waals surface area (Å²) in [5, 5.41) is 50.3. The second kappa shape index (κ2) is 17.0. The van der Waals surface area contributed by atoms with Crippen LogP contribution in [0.15, 0.2) is 100 Å². The zero-order chi connectivity index (χ0) is 44.4. The number of aromatic hydroxyl groups is 4. The van der Waals surface area contributed by atoms with Crippen LogP contribution in [0.25, 0.3) is 33.4 Å². The van der Waals surface area contributed by atoms with Crippen LogP contribution in [0.1, 0.15) is 43.2 Å². The Hall–Kier alpha value is -8.91. The largest absolute Gasteiger partial charge is 0.496 e. The topological polar surface area (TPSA) is 301 Å². The van der Waals surface area contributed by atoms with E-state index in [1.165, 1.54) is 31.4 Å². The van der Waals surface area contributed by atoms with Crippen LogP contribution in [0.2, 0.25) is 0 Å². The maximum absolute atomic E-state index is 12.8. The molecule has 0 fully saturated rings. The van der Waals surface area contributed by atoms with Gasteiger partial charge in [-0.05, 0) is 70.8 Å². The smallest absolute Gasteiger partial charge is 0.356 e. The fraction of sp³-hybridized carbons (Fsp3) is 0.0930. The van der Waals surface area contributed by atoms with Crippen LogP contribution < -0.4 is 25.5 Å². The molecule has 316 valence electrons. The summed E-state index contributed by atoms with van der Waals surface area (Å²) in [5.74, 6) is 4.47. The molecule has 63 heavy (non-hydrogen) atoms. The summed E-state index contributed by atoms with van der Waals surface area (Å²) in [4.78, 5) is 56.1. The Labute approximate surface area is 354 Å². The number of nitrogens with two attached hydrogens (primary N) is 1. The lowest BCUT2D eigenvalue weighted by atomic mass is 9.89. The first-order valence-electron chi connectivity index (χ1n) is 18.5. The Morgan fingerprint density at radius 2 is 1.37 bits per heavy atom. The van der Waals surface area contributed by atoms with Crippen LogP contribution in [0, 0.1) is 0 Å². The van der Waals surface area contributed by atoms with Crippen molar-refractivity contribution < 1.29 is 58.6 Å². The SMILES string of the molecule is COc1ccc(Cc2nc(O)nc(O)n2)cc1Cc1ccc2c(-c3ccc(C(=O)ON)cc3C(=O)O)c3ccc(=Nc4cc(Oc5nc(O)nc(O)n5)ccc4OC)cc-3oc2c1. The van der Waals surface area contributed by atoms with Gasteiger partial charge in [-0.25, -0.2) is 14.6 Å². The number of carbonyl (C=O) groups excluding carboxylic acids is 1. The first kappa shape index (κ1) is 40.9. The van der Waals surface area contributed by atoms with Crippen LogP contribution in [-0.4, -0.2) is 81.6 Å². The molecule has 20 nitrogen and oxygen atoms in total. The Bertz CT molecular complexity index is 3100. The van der Waals surface area contributed by atoms with Crippen molar-refractivity contribution in [3.05, 3.63) is 130 Å². The zero-order valence-corrected chi connectivity index (χ0v) is 32.9. The van der Waals surface area contributed by atoms with Gasteiger partial charge in [-0.15, -0.1) is 19.9 Å². The summed E-state index contributed by atoms with van der Waals surface area (Å²) in [6, 6.07) is 21.7. The van der Waals surface area contributed by atoms with Gasteiger partial charge in [-0.1, -0.05) is 30.3 Å². The normalized spacial score (nSPS) is 11.4. The van der Waals surface area contributed by atoms with E-state index in [9.17, 15) is 35.1 Å². The summed E-state index contributed by atoms with van der Waals surface area (Å²) in [5.41, 5.74) is 3.98. The number of aromatic nitrogens is 6. The molecule has 1 aliphatic heterocycles. The van der Waals surface area contributed by atoms with E-state index in [2.05, 4.69) is 34.7 Å². The van der Waals surface area contributed by atoms with Gasteiger partial charge in [0.15, 0.2) is 0 Å². The zero-order valence-electron chi connectivity index (χ0n) is 32.9. The van der Waals surface area contributed by atoms with Crippen molar-refractivity contribution in [3.63, 3.8) is 0 Å². The molecule has 2 aromatic heterocycles. The van der Waals surface area contributed by atoms with Crippen LogP contribution in [0.3, 0.4) is 0 Å². The van der Waals surface area contributed by atoms with Crippen LogP contribution >= 0.6 is 0 Å². The lowest BCUT2D eigenvalue weighted by Crippen LogP contribution is -2.12. The third kappa shape index (κ3) is 8.72. The Morgan fingerprint density at radius 1 is 0.698 bits per heavy atom. The van der Waals surface area contributed by atoms with Gasteiger partial charge in [-0.2, -0.15) is 15.9 Å². The van der Waals surface area contributed by atoms with Crippen LogP contribution in [0.4, 0.5) is 5.69 Å². The van der Waals surface area contributed by atoms with Gasteiger partial charge in [0.25, 0.3) is 0 Å². The van der Waals surface area contributed by atoms with Gasteiger partial charge in [0, 0.05) is 41.5 Å². The highest BCUT2D eigenvalue weighted by molar-refractivity contribution is 6.08. The van der Waals surface area contributed by atoms with Crippen molar-refractivity contribution in [2.45, 2.75) is 12.8 Å². The monoisotopic (exact) mass is 852 g/mol. The first-order valence-corrected chi connectivity index (χ1v) is 18.5. The van der Waals surface area contributed by atoms with Crippen molar-refractivity contribution in [1.29, 1.82) is 0 Å². The third-order valence-corrected chi connectivity index (χ3v) is 9.59. The maximum atomic E-state index is 12.8. The molecule has 1 aliphatic carbocycles. The number of hydrogen-bond donors (Lipinski definition) is 6. The minimum atomic E-state index is -1.31. The molecule has 0 unspecified atom stereocenters. The average molecular weight is 853 g/mol. The minimum absolute atomic E-state index is 0.0687. The van der Waals surface area contributed by atoms with Crippen molar-refractivity contribution in [3.8, 4) is 69.8 Å². The Morgan fingerprint density at radius 3 is 2.06 bits per heavy atom. The van der Waals surface area contributed by atoms with Crippen LogP contribution in [-0.2, 0) is 17.7 Å². The lowest BCUT2D eigenvalue weighted by molar-refractivity contribution is 0.0503. The van der Waals surface area contributed by atoms with Gasteiger partial charge in [0.2, 0.25) is 0 Å². The first-order chi connectivity index (χ1) is 30.4. The van der Waals surface area contributed by atoms with Crippen molar-refractivity contribution in [2.24, 2.45) is 10.9 Å². The standard InChI is InChI=1S/C43H32N8O12/c1-59-31-11-4-21(16-35-46-39(55)48-40(56)47-35)14-23(31)13-20-3-8-27-33(15-20)62-34-18-24(6-10-28(34)36(27)26-9-5-22(38(54)63-44)17-29(26)37(52)53)45-30-19-25(7-12-32(30)60-2)61-43-50-41(57)49-42(58)51-43/h3-12,14-15,17-19H,13,16,44H2,1-2H3,(H,52,53)(H2,46,47,48,55,56)(H2,49,50,51,57,58). The molecule has 0 saturated carbocycles. The Balaban J connectivity index is 1.26. The summed E-state index contributed by atoms with van der Waals surface area (Å²) >= 11 is 0. The van der Waals surface area contributed by atoms with E-state index >= 15 is 0 Å². The van der Waals surface area contributed by atoms with E-state index in [1.54, 1.807) is 49.6 Å². The molecular formula is C43H32N8O12.